The third-order valence-electron chi connectivity index (χ3n) is 8.02. The number of piperidine rings is 1. The van der Waals surface area contributed by atoms with Crippen LogP contribution in [0.25, 0.3) is 0 Å². The second kappa shape index (κ2) is 15.4. The molecule has 6 bridgehead atoms. The average Bonchev–Trinajstić information content (AvgIpc) is 3.51. The molecule has 0 spiro atoms. The number of anilines is 5. The Morgan fingerprint density at radius 3 is 2.49 bits per heavy atom. The van der Waals surface area contributed by atoms with E-state index in [0.717, 1.165) is 60.3 Å². The molecule has 16 heteroatoms. The van der Waals surface area contributed by atoms with Crippen molar-refractivity contribution in [2.24, 2.45) is 5.92 Å². The van der Waals surface area contributed by atoms with Gasteiger partial charge in [-0.2, -0.15) is 18.2 Å². The average molecular weight is 700 g/mol. The van der Waals surface area contributed by atoms with Crippen LogP contribution in [-0.4, -0.2) is 62.2 Å². The Bertz CT molecular complexity index is 1830. The molecular weight excluding hydrogens is 667 g/mol. The molecule has 2 aromatic heterocycles. The largest absolute Gasteiger partial charge is 0.490 e. The minimum Gasteiger partial charge on any atom is -0.475 e. The van der Waals surface area contributed by atoms with E-state index in [1.54, 1.807) is 19.2 Å². The molecule has 0 saturated carbocycles. The number of aromatic nitrogens is 3. The minimum atomic E-state index is -5.08. The Morgan fingerprint density at radius 2 is 1.80 bits per heavy atom. The fourth-order valence-corrected chi connectivity index (χ4v) is 5.60. The molecule has 2 aliphatic heterocycles. The lowest BCUT2D eigenvalue weighted by atomic mass is 9.92. The zero-order valence-electron chi connectivity index (χ0n) is 26.3. The molecular formula is C33H33ClF3N7O5. The van der Waals surface area contributed by atoms with Crippen molar-refractivity contribution in [3.8, 4) is 0 Å². The first-order chi connectivity index (χ1) is 23.3. The van der Waals surface area contributed by atoms with Gasteiger partial charge in [-0.25, -0.2) is 9.78 Å². The first-order valence-corrected chi connectivity index (χ1v) is 15.8. The summed E-state index contributed by atoms with van der Waals surface area (Å²) in [4.78, 5) is 45.3. The van der Waals surface area contributed by atoms with E-state index in [1.807, 2.05) is 35.2 Å². The molecule has 1 fully saturated rings. The number of aryl methyl sites for hydroxylation is 3. The Hall–Kier alpha value is -5.18. The van der Waals surface area contributed by atoms with Crippen LogP contribution in [0, 0.1) is 12.8 Å². The van der Waals surface area contributed by atoms with Gasteiger partial charge >= 0.3 is 12.1 Å². The number of rotatable bonds is 5. The van der Waals surface area contributed by atoms with Gasteiger partial charge in [0.05, 0.1) is 6.20 Å². The monoisotopic (exact) mass is 699 g/mol. The van der Waals surface area contributed by atoms with Crippen molar-refractivity contribution in [3.63, 3.8) is 0 Å². The highest BCUT2D eigenvalue weighted by Gasteiger charge is 2.38. The highest BCUT2D eigenvalue weighted by Crippen LogP contribution is 2.30. The van der Waals surface area contributed by atoms with Crippen LogP contribution in [0.3, 0.4) is 0 Å². The lowest BCUT2D eigenvalue weighted by Gasteiger charge is -2.31. The molecule has 4 N–H and O–H groups in total. The number of fused-ring (bicyclic) bond motifs is 6. The van der Waals surface area contributed by atoms with Crippen molar-refractivity contribution in [2.45, 2.75) is 51.6 Å². The molecule has 0 unspecified atom stereocenters. The molecule has 1 saturated heterocycles. The predicted molar refractivity (Wildman–Crippen MR) is 175 cm³/mol. The molecule has 4 heterocycles. The van der Waals surface area contributed by atoms with E-state index in [2.05, 4.69) is 43.2 Å². The Labute approximate surface area is 284 Å². The van der Waals surface area contributed by atoms with Gasteiger partial charge < -0.3 is 30.5 Å². The maximum Gasteiger partial charge on any atom is 0.490 e. The molecule has 12 nitrogen and oxygen atoms in total. The van der Waals surface area contributed by atoms with Crippen molar-refractivity contribution in [2.75, 3.05) is 29.0 Å². The zero-order chi connectivity index (χ0) is 35.1. The standard InChI is InChI=1S/C31H32ClN7O3.C2HF3O2/c1-19-15-27(38-42-19)30(41)39-13-11-20(12-14-39)6-10-28(40)36-26-9-8-24-17-22(26)7-5-21-3-2-4-23(16-21)35-31-33-18-25(32)29(34-24)37-31;3-2(4,5)1(6)7/h2-4,8-9,15-18,20H,5-7,10-14H2,1H3,(H,36,40)(H2,33,34,35,37);(H,6,7). The Morgan fingerprint density at radius 1 is 1.06 bits per heavy atom. The number of nitrogens with one attached hydrogen (secondary N) is 3. The van der Waals surface area contributed by atoms with Crippen molar-refractivity contribution in [1.29, 1.82) is 0 Å². The van der Waals surface area contributed by atoms with Gasteiger partial charge in [-0.3, -0.25) is 9.59 Å². The summed E-state index contributed by atoms with van der Waals surface area (Å²) in [6.07, 6.45) is 0.950. The molecule has 2 aliphatic rings. The van der Waals surface area contributed by atoms with Crippen molar-refractivity contribution >= 4 is 58.2 Å². The molecule has 2 aromatic carbocycles. The maximum atomic E-state index is 13.1. The number of amides is 2. The number of hydrogen-bond acceptors (Lipinski definition) is 9. The van der Waals surface area contributed by atoms with Crippen LogP contribution in [0.5, 0.6) is 0 Å². The summed E-state index contributed by atoms with van der Waals surface area (Å²) in [6.45, 7) is 3.09. The van der Waals surface area contributed by atoms with Gasteiger partial charge in [-0.1, -0.05) is 28.9 Å². The number of carboxylic acids is 1. The molecule has 4 aromatic rings. The van der Waals surface area contributed by atoms with Gasteiger partial charge in [0.25, 0.3) is 5.91 Å². The minimum absolute atomic E-state index is 0.0128. The fraction of sp³-hybridized carbons (Fsp3) is 0.333. The molecule has 49 heavy (non-hydrogen) atoms. The van der Waals surface area contributed by atoms with E-state index >= 15 is 0 Å². The number of carboxylic acid groups (broad SMARTS) is 1. The van der Waals surface area contributed by atoms with Gasteiger partial charge in [0, 0.05) is 42.6 Å². The van der Waals surface area contributed by atoms with E-state index in [-0.39, 0.29) is 11.8 Å². The summed E-state index contributed by atoms with van der Waals surface area (Å²) < 4.78 is 36.8. The van der Waals surface area contributed by atoms with E-state index in [1.165, 1.54) is 0 Å². The second-order valence-corrected chi connectivity index (χ2v) is 12.1. The van der Waals surface area contributed by atoms with Crippen LogP contribution in [-0.2, 0) is 22.4 Å². The lowest BCUT2D eigenvalue weighted by molar-refractivity contribution is -0.192. The lowest BCUT2D eigenvalue weighted by Crippen LogP contribution is -2.38. The highest BCUT2D eigenvalue weighted by atomic mass is 35.5. The molecule has 258 valence electrons. The highest BCUT2D eigenvalue weighted by molar-refractivity contribution is 6.32. The van der Waals surface area contributed by atoms with Crippen LogP contribution >= 0.6 is 11.6 Å². The third-order valence-corrected chi connectivity index (χ3v) is 8.30. The summed E-state index contributed by atoms with van der Waals surface area (Å²) in [5.74, 6) is -0.906. The number of hydrogen-bond donors (Lipinski definition) is 4. The van der Waals surface area contributed by atoms with E-state index in [0.29, 0.717) is 53.7 Å². The second-order valence-electron chi connectivity index (χ2n) is 11.7. The SMILES string of the molecule is Cc1cc(C(=O)N2CCC(CCC(=O)Nc3ccc4cc3CCc3cccc(c3)Nc3ncc(Cl)c(n3)N4)CC2)no1.O=C(O)C(F)(F)F. The molecule has 0 radical (unpaired) electrons. The molecule has 0 aliphatic carbocycles. The summed E-state index contributed by atoms with van der Waals surface area (Å²) >= 11 is 6.39. The number of benzene rings is 2. The van der Waals surface area contributed by atoms with Crippen LogP contribution < -0.4 is 16.0 Å². The van der Waals surface area contributed by atoms with Crippen molar-refractivity contribution in [1.82, 2.24) is 20.0 Å². The number of alkyl halides is 3. The van der Waals surface area contributed by atoms with Crippen LogP contribution in [0.15, 0.2) is 59.3 Å². The van der Waals surface area contributed by atoms with Gasteiger partial charge in [0.1, 0.15) is 10.8 Å². The van der Waals surface area contributed by atoms with E-state index in [9.17, 15) is 22.8 Å². The number of likely N-dealkylation sites (tertiary alicyclic amines) is 1. The first-order valence-electron chi connectivity index (χ1n) is 15.4. The van der Waals surface area contributed by atoms with E-state index in [4.69, 9.17) is 26.0 Å². The first kappa shape index (κ1) is 35.1. The van der Waals surface area contributed by atoms with Gasteiger partial charge in [-0.15, -0.1) is 0 Å². The smallest absolute Gasteiger partial charge is 0.475 e. The number of carbonyl (C=O) groups is 3. The normalized spacial score (nSPS) is 14.4. The zero-order valence-corrected chi connectivity index (χ0v) is 27.1. The van der Waals surface area contributed by atoms with Crippen LogP contribution in [0.4, 0.5) is 42.0 Å². The van der Waals surface area contributed by atoms with Gasteiger partial charge in [0.2, 0.25) is 11.9 Å². The summed E-state index contributed by atoms with van der Waals surface area (Å²) in [6, 6.07) is 15.7. The summed E-state index contributed by atoms with van der Waals surface area (Å²) in [5, 5.41) is 21.1. The topological polar surface area (TPSA) is 163 Å². The maximum absolute atomic E-state index is 13.1. The summed E-state index contributed by atoms with van der Waals surface area (Å²) in [5.41, 5.74) is 5.04. The number of nitrogens with zero attached hydrogens (tertiary/aromatic N) is 4. The van der Waals surface area contributed by atoms with Crippen LogP contribution in [0.2, 0.25) is 5.02 Å². The number of halogens is 4. The van der Waals surface area contributed by atoms with Crippen molar-refractivity contribution in [3.05, 3.63) is 82.3 Å². The third kappa shape index (κ3) is 9.69. The predicted octanol–water partition coefficient (Wildman–Crippen LogP) is 6.92. The molecule has 0 atom stereocenters. The Balaban J connectivity index is 0.000000606. The molecule has 2 amide bonds. The quantitative estimate of drug-likeness (QED) is 0.172. The van der Waals surface area contributed by atoms with Crippen molar-refractivity contribution < 1.29 is 37.2 Å². The molecule has 6 rings (SSSR count). The summed E-state index contributed by atoms with van der Waals surface area (Å²) in [7, 11) is 0. The Kier molecular flexibility index (Phi) is 11.0. The van der Waals surface area contributed by atoms with Gasteiger partial charge in [0.15, 0.2) is 11.5 Å². The van der Waals surface area contributed by atoms with Crippen LogP contribution in [0.1, 0.15) is 53.1 Å². The number of aliphatic carboxylic acids is 1. The van der Waals surface area contributed by atoms with Gasteiger partial charge in [-0.05, 0) is 86.4 Å². The van der Waals surface area contributed by atoms with E-state index < -0.39 is 12.1 Å². The fourth-order valence-electron chi connectivity index (χ4n) is 5.47. The number of carbonyl (C=O) groups excluding carboxylic acids is 2.